The molecule has 3 aliphatic heterocycles. The zero-order valence-corrected chi connectivity index (χ0v) is 22.7. The summed E-state index contributed by atoms with van der Waals surface area (Å²) in [6, 6.07) is 10.2. The normalized spacial score (nSPS) is 21.1. The van der Waals surface area contributed by atoms with Gasteiger partial charge in [0.1, 0.15) is 6.07 Å². The number of pyridine rings is 1. The average molecular weight is 558 g/mol. The molecule has 0 saturated carbocycles. The van der Waals surface area contributed by atoms with Crippen molar-refractivity contribution in [3.8, 4) is 28.0 Å². The van der Waals surface area contributed by atoms with E-state index in [-0.39, 0.29) is 24.2 Å². The number of aromatic nitrogens is 5. The lowest BCUT2D eigenvalue weighted by molar-refractivity contribution is -0.135. The highest BCUT2D eigenvalue weighted by atomic mass is 32.1. The first-order valence-corrected chi connectivity index (χ1v) is 14.1. The number of nitriles is 1. The Balaban J connectivity index is 1.22. The van der Waals surface area contributed by atoms with Gasteiger partial charge >= 0.3 is 0 Å². The van der Waals surface area contributed by atoms with Crippen LogP contribution >= 0.6 is 11.3 Å². The van der Waals surface area contributed by atoms with Crippen molar-refractivity contribution < 1.29 is 14.3 Å². The topological polar surface area (TPSA) is 134 Å². The fraction of sp³-hybridized carbons (Fsp3) is 0.407. The van der Waals surface area contributed by atoms with Gasteiger partial charge in [-0.05, 0) is 37.1 Å². The Morgan fingerprint density at radius 1 is 1.18 bits per heavy atom. The first-order chi connectivity index (χ1) is 19.6. The van der Waals surface area contributed by atoms with E-state index in [0.717, 1.165) is 64.3 Å². The molecule has 7 heterocycles. The van der Waals surface area contributed by atoms with Crippen molar-refractivity contribution in [2.45, 2.75) is 38.1 Å². The van der Waals surface area contributed by atoms with E-state index in [4.69, 9.17) is 14.5 Å². The number of hydrogen-bond donors (Lipinski definition) is 1. The Morgan fingerprint density at radius 2 is 2.05 bits per heavy atom. The second kappa shape index (κ2) is 10.1. The second-order valence-electron chi connectivity index (χ2n) is 10.2. The van der Waals surface area contributed by atoms with Gasteiger partial charge in [0.2, 0.25) is 11.0 Å². The fourth-order valence-corrected chi connectivity index (χ4v) is 6.57. The lowest BCUT2D eigenvalue weighted by Gasteiger charge is -2.38. The number of carbonyl (C=O) groups is 1. The summed E-state index contributed by atoms with van der Waals surface area (Å²) in [4.78, 5) is 20.9. The third-order valence-electron chi connectivity index (χ3n) is 7.65. The molecule has 1 N–H and O–H groups in total. The predicted octanol–water partition coefficient (Wildman–Crippen LogP) is 2.77. The van der Waals surface area contributed by atoms with Crippen LogP contribution in [0.3, 0.4) is 0 Å². The molecule has 40 heavy (non-hydrogen) atoms. The molecular formula is C27H27N9O3S. The number of carbonyl (C=O) groups excluding carboxylic acids is 1. The van der Waals surface area contributed by atoms with Crippen LogP contribution in [0, 0.1) is 11.3 Å². The Kier molecular flexibility index (Phi) is 6.30. The van der Waals surface area contributed by atoms with Gasteiger partial charge in [-0.1, -0.05) is 11.3 Å². The van der Waals surface area contributed by atoms with Crippen molar-refractivity contribution in [3.63, 3.8) is 0 Å². The smallest absolute Gasteiger partial charge is 0.221 e. The molecule has 2 bridgehead atoms. The van der Waals surface area contributed by atoms with Crippen molar-refractivity contribution in [1.82, 2.24) is 29.7 Å². The Hall–Kier alpha value is -4.12. The molecule has 1 amide bonds. The number of hydrogen-bond acceptors (Lipinski definition) is 11. The molecule has 3 aliphatic rings. The first-order valence-electron chi connectivity index (χ1n) is 13.3. The van der Waals surface area contributed by atoms with E-state index >= 15 is 0 Å². The van der Waals surface area contributed by atoms with Crippen molar-refractivity contribution in [2.75, 3.05) is 43.1 Å². The number of rotatable bonds is 5. The number of ether oxygens (including phenoxy) is 2. The summed E-state index contributed by atoms with van der Waals surface area (Å²) in [5.74, 6) is 0.0385. The summed E-state index contributed by atoms with van der Waals surface area (Å²) in [7, 11) is 0. The number of nitrogens with zero attached hydrogens (tertiary/aromatic N) is 8. The van der Waals surface area contributed by atoms with Gasteiger partial charge in [-0.3, -0.25) is 9.78 Å². The van der Waals surface area contributed by atoms with E-state index in [2.05, 4.69) is 31.6 Å². The third kappa shape index (κ3) is 4.43. The van der Waals surface area contributed by atoms with Gasteiger partial charge in [0.25, 0.3) is 0 Å². The monoisotopic (exact) mass is 557 g/mol. The van der Waals surface area contributed by atoms with Crippen molar-refractivity contribution in [1.29, 1.82) is 5.26 Å². The molecule has 0 aliphatic carbocycles. The Morgan fingerprint density at radius 3 is 2.85 bits per heavy atom. The highest BCUT2D eigenvalue weighted by Gasteiger charge is 2.43. The molecule has 12 nitrogen and oxygen atoms in total. The standard InChI is InChI=1S/C27H27N9O3S/c1-16(37)35-20-13-34(14-25(35)39-15-20)27-33-32-26(40-27)21-12-29-23(9-22(21)31-18-4-6-38-7-5-18)24-3-2-19-8-17(10-28)11-30-36(19)24/h2-3,8-9,11-12,18,20,25H,4-7,13-15H2,1H3,(H,29,31). The molecule has 4 aromatic heterocycles. The van der Waals surface area contributed by atoms with Gasteiger partial charge in [0.15, 0.2) is 11.2 Å². The molecule has 7 rings (SSSR count). The molecule has 204 valence electrons. The van der Waals surface area contributed by atoms with Crippen LogP contribution in [0.15, 0.2) is 36.7 Å². The van der Waals surface area contributed by atoms with Gasteiger partial charge in [0.05, 0.1) is 53.4 Å². The van der Waals surface area contributed by atoms with Gasteiger partial charge < -0.3 is 24.6 Å². The molecule has 0 radical (unpaired) electrons. The van der Waals surface area contributed by atoms with Crippen LogP contribution in [0.5, 0.6) is 0 Å². The van der Waals surface area contributed by atoms with E-state index in [1.165, 1.54) is 11.3 Å². The second-order valence-corrected chi connectivity index (χ2v) is 11.2. The quantitative estimate of drug-likeness (QED) is 0.390. The molecule has 2 atom stereocenters. The van der Waals surface area contributed by atoms with Crippen molar-refractivity contribution in [2.24, 2.45) is 0 Å². The summed E-state index contributed by atoms with van der Waals surface area (Å²) >= 11 is 1.51. The maximum Gasteiger partial charge on any atom is 0.221 e. The fourth-order valence-electron chi connectivity index (χ4n) is 5.69. The minimum Gasteiger partial charge on any atom is -0.381 e. The number of anilines is 2. The third-order valence-corrected chi connectivity index (χ3v) is 8.67. The van der Waals surface area contributed by atoms with Crippen LogP contribution in [0.2, 0.25) is 0 Å². The highest BCUT2D eigenvalue weighted by molar-refractivity contribution is 7.18. The summed E-state index contributed by atoms with van der Waals surface area (Å²) in [6.07, 6.45) is 4.96. The summed E-state index contributed by atoms with van der Waals surface area (Å²) in [5.41, 5.74) is 4.73. The highest BCUT2D eigenvalue weighted by Crippen LogP contribution is 2.38. The van der Waals surface area contributed by atoms with E-state index < -0.39 is 0 Å². The van der Waals surface area contributed by atoms with Crippen LogP contribution in [0.4, 0.5) is 10.8 Å². The van der Waals surface area contributed by atoms with Crippen molar-refractivity contribution >= 4 is 33.6 Å². The van der Waals surface area contributed by atoms with Crippen LogP contribution in [0.25, 0.3) is 27.5 Å². The van der Waals surface area contributed by atoms with E-state index in [1.807, 2.05) is 35.4 Å². The number of amides is 1. The molecule has 0 aromatic carbocycles. The van der Waals surface area contributed by atoms with Crippen molar-refractivity contribution in [3.05, 3.63) is 42.2 Å². The summed E-state index contributed by atoms with van der Waals surface area (Å²) in [5, 5.41) is 28.1. The molecule has 0 spiro atoms. The summed E-state index contributed by atoms with van der Waals surface area (Å²) < 4.78 is 13.2. The van der Waals surface area contributed by atoms with Crippen LogP contribution < -0.4 is 10.2 Å². The SMILES string of the molecule is CC(=O)N1C2COC1CN(c1nnc(-c3cnc(-c4ccc5cc(C#N)cnn45)cc3NC3CCOCC3)s1)C2. The van der Waals surface area contributed by atoms with Gasteiger partial charge in [-0.25, -0.2) is 4.52 Å². The molecule has 3 fully saturated rings. The predicted molar refractivity (Wildman–Crippen MR) is 148 cm³/mol. The van der Waals surface area contributed by atoms with Crippen LogP contribution in [-0.4, -0.2) is 86.8 Å². The first kappa shape index (κ1) is 24.9. The van der Waals surface area contributed by atoms with E-state index in [9.17, 15) is 10.1 Å². The van der Waals surface area contributed by atoms with E-state index in [1.54, 1.807) is 17.6 Å². The Labute approximate surface area is 234 Å². The molecular weight excluding hydrogens is 530 g/mol. The zero-order valence-electron chi connectivity index (χ0n) is 21.9. The minimum absolute atomic E-state index is 0.0185. The number of piperazine rings is 1. The lowest BCUT2D eigenvalue weighted by Crippen LogP contribution is -2.56. The maximum absolute atomic E-state index is 12.1. The average Bonchev–Trinajstić information content (AvgIpc) is 3.69. The van der Waals surface area contributed by atoms with Crippen LogP contribution in [-0.2, 0) is 14.3 Å². The van der Waals surface area contributed by atoms with E-state index in [0.29, 0.717) is 25.3 Å². The van der Waals surface area contributed by atoms with Crippen LogP contribution in [0.1, 0.15) is 25.3 Å². The zero-order chi connectivity index (χ0) is 27.2. The molecule has 13 heteroatoms. The molecule has 2 unspecified atom stereocenters. The molecule has 4 aromatic rings. The lowest BCUT2D eigenvalue weighted by atomic mass is 10.1. The van der Waals surface area contributed by atoms with Gasteiger partial charge in [0, 0.05) is 44.6 Å². The number of fused-ring (bicyclic) bond motifs is 3. The maximum atomic E-state index is 12.1. The number of nitrogens with one attached hydrogen (secondary N) is 1. The minimum atomic E-state index is -0.259. The van der Waals surface area contributed by atoms with Gasteiger partial charge in [-0.2, -0.15) is 10.4 Å². The Bertz CT molecular complexity index is 1610. The van der Waals surface area contributed by atoms with Gasteiger partial charge in [-0.15, -0.1) is 10.2 Å². The summed E-state index contributed by atoms with van der Waals surface area (Å²) in [6.45, 7) is 4.80. The molecule has 3 saturated heterocycles. The largest absolute Gasteiger partial charge is 0.381 e.